The molecule has 13 heteroatoms. The van der Waals surface area contributed by atoms with Crippen molar-refractivity contribution in [3.8, 4) is 0 Å². The third-order valence-electron chi connectivity index (χ3n) is 5.71. The van der Waals surface area contributed by atoms with E-state index in [-0.39, 0.29) is 19.7 Å². The first-order valence-electron chi connectivity index (χ1n) is 11.2. The molecule has 2 heterocycles. The van der Waals surface area contributed by atoms with Crippen LogP contribution in [0.15, 0.2) is 30.3 Å². The Morgan fingerprint density at radius 2 is 1.74 bits per heavy atom. The molecule has 0 bridgehead atoms. The lowest BCUT2D eigenvalue weighted by Gasteiger charge is -2.40. The molecule has 0 spiro atoms. The second-order valence-electron chi connectivity index (χ2n) is 8.22. The summed E-state index contributed by atoms with van der Waals surface area (Å²) in [6.07, 6.45) is -9.04. The maximum atomic E-state index is 13.0. The van der Waals surface area contributed by atoms with Crippen molar-refractivity contribution in [1.29, 1.82) is 0 Å². The van der Waals surface area contributed by atoms with Crippen LogP contribution in [0, 0.1) is 0 Å². The largest absolute Gasteiger partial charge is 0.445 e. The molecule has 2 fully saturated rings. The highest BCUT2D eigenvalue weighted by Gasteiger charge is 2.44. The van der Waals surface area contributed by atoms with Gasteiger partial charge < -0.3 is 50.2 Å². The summed E-state index contributed by atoms with van der Waals surface area (Å²) in [5.41, 5.74) is 0.735. The van der Waals surface area contributed by atoms with Crippen molar-refractivity contribution in [2.24, 2.45) is 0 Å². The number of ether oxygens (including phenoxy) is 3. The Kier molecular flexibility index (Phi) is 9.77. The molecule has 0 aliphatic carbocycles. The van der Waals surface area contributed by atoms with Crippen molar-refractivity contribution in [3.63, 3.8) is 0 Å². The molecule has 1 aromatic carbocycles. The van der Waals surface area contributed by atoms with Crippen LogP contribution in [-0.4, -0.2) is 113 Å². The summed E-state index contributed by atoms with van der Waals surface area (Å²) in [6.45, 7) is 0.489. The Balaban J connectivity index is 1.63. The second kappa shape index (κ2) is 12.8. The molecule has 0 saturated carbocycles. The van der Waals surface area contributed by atoms with Crippen LogP contribution in [-0.2, 0) is 30.4 Å². The highest BCUT2D eigenvalue weighted by atomic mass is 16.6. The molecular formula is C22H31N3O10. The monoisotopic (exact) mass is 497 g/mol. The molecule has 194 valence electrons. The van der Waals surface area contributed by atoms with Crippen LogP contribution in [0.3, 0.4) is 0 Å². The highest BCUT2D eigenvalue weighted by molar-refractivity contribution is 5.91. The van der Waals surface area contributed by atoms with Gasteiger partial charge >= 0.3 is 6.09 Å². The second-order valence-corrected chi connectivity index (χ2v) is 8.22. The molecular weight excluding hydrogens is 466 g/mol. The van der Waals surface area contributed by atoms with E-state index in [2.05, 4.69) is 10.6 Å². The number of nitrogens with one attached hydrogen (secondary N) is 2. The van der Waals surface area contributed by atoms with Crippen molar-refractivity contribution in [3.05, 3.63) is 35.9 Å². The fourth-order valence-electron chi connectivity index (χ4n) is 3.74. The van der Waals surface area contributed by atoms with Gasteiger partial charge in [0.25, 0.3) is 0 Å². The first kappa shape index (κ1) is 26.8. The number of carbonyl (C=O) groups is 3. The van der Waals surface area contributed by atoms with Crippen molar-refractivity contribution in [2.75, 3.05) is 32.9 Å². The third-order valence-corrected chi connectivity index (χ3v) is 5.71. The number of alkyl carbamates (subject to hydrolysis) is 1. The van der Waals surface area contributed by atoms with Gasteiger partial charge in [0.1, 0.15) is 37.1 Å². The van der Waals surface area contributed by atoms with Crippen LogP contribution in [0.4, 0.5) is 4.79 Å². The zero-order chi connectivity index (χ0) is 25.4. The van der Waals surface area contributed by atoms with Crippen molar-refractivity contribution >= 4 is 17.9 Å². The summed E-state index contributed by atoms with van der Waals surface area (Å²) in [4.78, 5) is 39.6. The number of amides is 3. The number of carbonyl (C=O) groups excluding carboxylic acids is 3. The standard InChI is InChI=1S/C22H31N3O10/c26-11-15-17(28)18(29)19(30)20(35-15)24-16(27)10-14(21(31)25-6-8-33-9-7-25)23-22(32)34-12-13-4-2-1-3-5-13/h1-5,14-15,17-20,26,28-30H,6-12H2,(H,23,32)(H,24,27)/t14-,15+,17+,18-,19+,20+/m0/s1. The number of rotatable bonds is 8. The summed E-state index contributed by atoms with van der Waals surface area (Å²) in [5, 5.41) is 43.9. The Bertz CT molecular complexity index is 849. The van der Waals surface area contributed by atoms with E-state index in [1.807, 2.05) is 6.07 Å². The van der Waals surface area contributed by atoms with Gasteiger partial charge in [-0.15, -0.1) is 0 Å². The Hall–Kier alpha value is -2.81. The van der Waals surface area contributed by atoms with E-state index in [0.717, 1.165) is 5.56 Å². The molecule has 0 unspecified atom stereocenters. The van der Waals surface area contributed by atoms with Crippen LogP contribution in [0.25, 0.3) is 0 Å². The lowest BCUT2D eigenvalue weighted by molar-refractivity contribution is -0.236. The fourth-order valence-corrected chi connectivity index (χ4v) is 3.74. The molecule has 13 nitrogen and oxygen atoms in total. The number of hydrogen-bond donors (Lipinski definition) is 6. The van der Waals surface area contributed by atoms with E-state index in [9.17, 15) is 34.8 Å². The average Bonchev–Trinajstić information content (AvgIpc) is 2.88. The first-order chi connectivity index (χ1) is 16.8. The van der Waals surface area contributed by atoms with Crippen molar-refractivity contribution < 1.29 is 49.0 Å². The SMILES string of the molecule is O=C(C[C@H](NC(=O)OCc1ccccc1)C(=O)N1CCOCC1)N[C@@H]1O[C@H](CO)[C@@H](O)[C@H](O)[C@H]1O. The van der Waals surface area contributed by atoms with Crippen molar-refractivity contribution in [2.45, 2.75) is 49.7 Å². The maximum Gasteiger partial charge on any atom is 0.408 e. The molecule has 2 saturated heterocycles. The minimum atomic E-state index is -1.69. The van der Waals surface area contributed by atoms with Gasteiger partial charge in [-0.1, -0.05) is 30.3 Å². The zero-order valence-corrected chi connectivity index (χ0v) is 19.0. The first-order valence-corrected chi connectivity index (χ1v) is 11.2. The topological polar surface area (TPSA) is 187 Å². The van der Waals surface area contributed by atoms with E-state index in [1.165, 1.54) is 4.90 Å². The predicted octanol–water partition coefficient (Wildman–Crippen LogP) is -2.55. The zero-order valence-electron chi connectivity index (χ0n) is 19.0. The minimum Gasteiger partial charge on any atom is -0.445 e. The van der Waals surface area contributed by atoms with Crippen LogP contribution >= 0.6 is 0 Å². The minimum absolute atomic E-state index is 0.0395. The molecule has 0 radical (unpaired) electrons. The molecule has 35 heavy (non-hydrogen) atoms. The van der Waals surface area contributed by atoms with Gasteiger partial charge in [-0.3, -0.25) is 9.59 Å². The van der Waals surface area contributed by atoms with Gasteiger partial charge in [0.05, 0.1) is 26.2 Å². The number of hydrogen-bond acceptors (Lipinski definition) is 10. The Morgan fingerprint density at radius 1 is 1.06 bits per heavy atom. The molecule has 6 atom stereocenters. The lowest BCUT2D eigenvalue weighted by Crippen LogP contribution is -2.63. The summed E-state index contributed by atoms with van der Waals surface area (Å²) < 4.78 is 15.7. The average molecular weight is 498 g/mol. The normalized spacial score (nSPS) is 27.5. The summed E-state index contributed by atoms with van der Waals surface area (Å²) in [5.74, 6) is -1.31. The number of aliphatic hydroxyl groups excluding tert-OH is 4. The molecule has 3 amide bonds. The van der Waals surface area contributed by atoms with Gasteiger partial charge in [0.2, 0.25) is 11.8 Å². The number of benzene rings is 1. The van der Waals surface area contributed by atoms with Gasteiger partial charge in [-0.2, -0.15) is 0 Å². The summed E-state index contributed by atoms with van der Waals surface area (Å²) in [6, 6.07) is 7.61. The van der Waals surface area contributed by atoms with Gasteiger partial charge in [-0.25, -0.2) is 4.79 Å². The van der Waals surface area contributed by atoms with Gasteiger partial charge in [0, 0.05) is 13.1 Å². The molecule has 2 aliphatic rings. The maximum absolute atomic E-state index is 13.0. The van der Waals surface area contributed by atoms with Gasteiger partial charge in [0.15, 0.2) is 6.23 Å². The molecule has 2 aliphatic heterocycles. The third kappa shape index (κ3) is 7.34. The van der Waals surface area contributed by atoms with E-state index < -0.39 is 67.6 Å². The fraction of sp³-hybridized carbons (Fsp3) is 0.591. The lowest BCUT2D eigenvalue weighted by atomic mass is 9.98. The van der Waals surface area contributed by atoms with E-state index in [4.69, 9.17) is 14.2 Å². The predicted molar refractivity (Wildman–Crippen MR) is 117 cm³/mol. The van der Waals surface area contributed by atoms with E-state index in [1.54, 1.807) is 24.3 Å². The molecule has 3 rings (SSSR count). The Labute approximate surface area is 201 Å². The van der Waals surface area contributed by atoms with Gasteiger partial charge in [-0.05, 0) is 5.56 Å². The van der Waals surface area contributed by atoms with Crippen LogP contribution in [0.1, 0.15) is 12.0 Å². The smallest absolute Gasteiger partial charge is 0.408 e. The number of nitrogens with zero attached hydrogens (tertiary/aromatic N) is 1. The number of aliphatic hydroxyl groups is 4. The van der Waals surface area contributed by atoms with Crippen LogP contribution in [0.5, 0.6) is 0 Å². The van der Waals surface area contributed by atoms with E-state index >= 15 is 0 Å². The van der Waals surface area contributed by atoms with Crippen LogP contribution < -0.4 is 10.6 Å². The summed E-state index contributed by atoms with van der Waals surface area (Å²) >= 11 is 0. The number of morpholine rings is 1. The Morgan fingerprint density at radius 3 is 2.40 bits per heavy atom. The summed E-state index contributed by atoms with van der Waals surface area (Å²) in [7, 11) is 0. The molecule has 6 N–H and O–H groups in total. The van der Waals surface area contributed by atoms with E-state index in [0.29, 0.717) is 13.2 Å². The van der Waals surface area contributed by atoms with Crippen molar-refractivity contribution in [1.82, 2.24) is 15.5 Å². The quantitative estimate of drug-likeness (QED) is 0.223. The molecule has 0 aromatic heterocycles. The van der Waals surface area contributed by atoms with Crippen LogP contribution in [0.2, 0.25) is 0 Å². The highest BCUT2D eigenvalue weighted by Crippen LogP contribution is 2.20. The molecule has 1 aromatic rings.